The number of non-ortho nitro benzene ring substituents is 1. The molecule has 0 N–H and O–H groups in total. The van der Waals surface area contributed by atoms with Gasteiger partial charge in [0.15, 0.2) is 6.54 Å². The zero-order chi connectivity index (χ0) is 19.1. The van der Waals surface area contributed by atoms with Crippen molar-refractivity contribution in [3.05, 3.63) is 123 Å². The molecule has 3 aromatic carbocycles. The molecule has 0 aromatic heterocycles. The topological polar surface area (TPSA) is 69.2 Å². The van der Waals surface area contributed by atoms with E-state index >= 15 is 0 Å². The van der Waals surface area contributed by atoms with Gasteiger partial charge in [0.1, 0.15) is 0 Å². The Hall–Kier alpha value is -3.73. The fraction of sp³-hybridized carbons (Fsp3) is 0.0455. The zero-order valence-corrected chi connectivity index (χ0v) is 14.6. The molecule has 0 aliphatic rings. The third kappa shape index (κ3) is 4.89. The van der Waals surface area contributed by atoms with Gasteiger partial charge in [-0.25, -0.2) is 4.74 Å². The standard InChI is InChI=1S/C22H18N2O3/c25-23(17-19-11-14-21(15-12-19)24(26)27)22(20-9-5-2-6-10-20)16-13-18-7-3-1-4-8-18/h1-16H,17H2/b16-13+,23-22+. The second-order valence-electron chi connectivity index (χ2n) is 5.96. The predicted octanol–water partition coefficient (Wildman–Crippen LogP) is 4.81. The maximum atomic E-state index is 12.8. The number of allylic oxidation sites excluding steroid dienone is 1. The van der Waals surface area contributed by atoms with Crippen LogP contribution in [0.5, 0.6) is 0 Å². The molecule has 0 saturated heterocycles. The molecule has 134 valence electrons. The summed E-state index contributed by atoms with van der Waals surface area (Å²) < 4.78 is 0.899. The van der Waals surface area contributed by atoms with E-state index in [4.69, 9.17) is 0 Å². The molecule has 5 nitrogen and oxygen atoms in total. The average Bonchev–Trinajstić information content (AvgIpc) is 2.70. The predicted molar refractivity (Wildman–Crippen MR) is 106 cm³/mol. The Morgan fingerprint density at radius 3 is 2.00 bits per heavy atom. The lowest BCUT2D eigenvalue weighted by Crippen LogP contribution is -2.15. The molecule has 0 bridgehead atoms. The van der Waals surface area contributed by atoms with Gasteiger partial charge in [-0.15, -0.1) is 0 Å². The molecule has 0 atom stereocenters. The fourth-order valence-electron chi connectivity index (χ4n) is 2.65. The van der Waals surface area contributed by atoms with Crippen molar-refractivity contribution in [3.8, 4) is 0 Å². The van der Waals surface area contributed by atoms with Gasteiger partial charge in [-0.3, -0.25) is 10.1 Å². The van der Waals surface area contributed by atoms with Gasteiger partial charge in [-0.2, -0.15) is 0 Å². The van der Waals surface area contributed by atoms with E-state index in [-0.39, 0.29) is 12.2 Å². The minimum absolute atomic E-state index is 0.00688. The van der Waals surface area contributed by atoms with Gasteiger partial charge in [-0.05, 0) is 35.9 Å². The van der Waals surface area contributed by atoms with E-state index in [2.05, 4.69) is 0 Å². The van der Waals surface area contributed by atoms with Gasteiger partial charge in [0.2, 0.25) is 5.71 Å². The molecule has 0 saturated carbocycles. The molecule has 0 spiro atoms. The van der Waals surface area contributed by atoms with Crippen molar-refractivity contribution in [2.75, 3.05) is 0 Å². The Bertz CT molecular complexity index is 963. The summed E-state index contributed by atoms with van der Waals surface area (Å²) in [6.07, 6.45) is 3.69. The van der Waals surface area contributed by atoms with Gasteiger partial charge in [0.05, 0.1) is 4.92 Å². The van der Waals surface area contributed by atoms with E-state index in [0.29, 0.717) is 11.3 Å². The highest BCUT2D eigenvalue weighted by Crippen LogP contribution is 2.13. The first-order chi connectivity index (χ1) is 13.1. The molecule has 27 heavy (non-hydrogen) atoms. The van der Waals surface area contributed by atoms with Crippen LogP contribution < -0.4 is 0 Å². The number of benzene rings is 3. The Kier molecular flexibility index (Phi) is 5.74. The quantitative estimate of drug-likeness (QED) is 0.209. The number of nitrogens with zero attached hydrogens (tertiary/aromatic N) is 2. The van der Waals surface area contributed by atoms with Crippen molar-refractivity contribution in [2.24, 2.45) is 0 Å². The first-order valence-electron chi connectivity index (χ1n) is 8.47. The highest BCUT2D eigenvalue weighted by Gasteiger charge is 2.11. The summed E-state index contributed by atoms with van der Waals surface area (Å²) in [6, 6.07) is 25.2. The number of hydroxylamine groups is 1. The molecule has 3 rings (SSSR count). The normalized spacial score (nSPS) is 12.0. The van der Waals surface area contributed by atoms with Crippen molar-refractivity contribution >= 4 is 17.5 Å². The lowest BCUT2D eigenvalue weighted by molar-refractivity contribution is -0.473. The van der Waals surface area contributed by atoms with Crippen LogP contribution in [-0.2, 0) is 6.54 Å². The average molecular weight is 358 g/mol. The van der Waals surface area contributed by atoms with E-state index in [1.165, 1.54) is 12.1 Å². The molecular formula is C22H18N2O3. The Balaban J connectivity index is 1.92. The van der Waals surface area contributed by atoms with E-state index in [0.717, 1.165) is 15.9 Å². The number of hydrogen-bond acceptors (Lipinski definition) is 3. The molecule has 0 radical (unpaired) electrons. The molecule has 0 aliphatic heterocycles. The summed E-state index contributed by atoms with van der Waals surface area (Å²) >= 11 is 0. The summed E-state index contributed by atoms with van der Waals surface area (Å²) in [4.78, 5) is 10.3. The summed E-state index contributed by atoms with van der Waals surface area (Å²) in [5.74, 6) is 0. The van der Waals surface area contributed by atoms with Crippen LogP contribution in [0.15, 0.2) is 91.0 Å². The third-order valence-corrected chi connectivity index (χ3v) is 4.04. The van der Waals surface area contributed by atoms with Crippen molar-refractivity contribution in [1.29, 1.82) is 0 Å². The monoisotopic (exact) mass is 358 g/mol. The highest BCUT2D eigenvalue weighted by atomic mass is 16.6. The minimum Gasteiger partial charge on any atom is -0.623 e. The molecule has 5 heteroatoms. The molecule has 0 fully saturated rings. The SMILES string of the molecule is O=[N+]([O-])c1ccc(C/[N+]([O-])=C(/C=C/c2ccccc2)c2ccccc2)cc1. The van der Waals surface area contributed by atoms with Crippen LogP contribution in [0, 0.1) is 15.3 Å². The lowest BCUT2D eigenvalue weighted by Gasteiger charge is -2.09. The number of nitro groups is 1. The minimum atomic E-state index is -0.455. The Labute approximate surface area is 157 Å². The molecule has 0 aliphatic carbocycles. The maximum absolute atomic E-state index is 12.8. The summed E-state index contributed by atoms with van der Waals surface area (Å²) in [6.45, 7) is 0.0986. The van der Waals surface area contributed by atoms with Crippen LogP contribution in [0.1, 0.15) is 16.7 Å². The van der Waals surface area contributed by atoms with Crippen molar-refractivity contribution in [2.45, 2.75) is 6.54 Å². The van der Waals surface area contributed by atoms with Crippen molar-refractivity contribution in [1.82, 2.24) is 0 Å². The molecule has 3 aromatic rings. The number of nitro benzene ring substituents is 1. The third-order valence-electron chi connectivity index (χ3n) is 4.04. The highest BCUT2D eigenvalue weighted by molar-refractivity contribution is 6.07. The van der Waals surface area contributed by atoms with E-state index in [1.54, 1.807) is 18.2 Å². The zero-order valence-electron chi connectivity index (χ0n) is 14.6. The fourth-order valence-corrected chi connectivity index (χ4v) is 2.65. The van der Waals surface area contributed by atoms with Crippen molar-refractivity contribution < 1.29 is 9.66 Å². The number of hydrogen-bond donors (Lipinski definition) is 0. The van der Waals surface area contributed by atoms with E-state index in [9.17, 15) is 15.3 Å². The second kappa shape index (κ2) is 8.58. The van der Waals surface area contributed by atoms with Crippen LogP contribution in [-0.4, -0.2) is 15.4 Å². The molecule has 0 amide bonds. The van der Waals surface area contributed by atoms with Crippen LogP contribution in [0.3, 0.4) is 0 Å². The van der Waals surface area contributed by atoms with Crippen LogP contribution in [0.4, 0.5) is 5.69 Å². The Morgan fingerprint density at radius 1 is 0.815 bits per heavy atom. The van der Waals surface area contributed by atoms with Gasteiger partial charge >= 0.3 is 0 Å². The maximum Gasteiger partial charge on any atom is 0.269 e. The molecular weight excluding hydrogens is 340 g/mol. The second-order valence-corrected chi connectivity index (χ2v) is 5.96. The van der Waals surface area contributed by atoms with Gasteiger partial charge in [0.25, 0.3) is 5.69 Å². The molecule has 0 unspecified atom stereocenters. The first kappa shape index (κ1) is 18.1. The van der Waals surface area contributed by atoms with Crippen LogP contribution in [0.2, 0.25) is 0 Å². The van der Waals surface area contributed by atoms with Crippen LogP contribution >= 0.6 is 0 Å². The first-order valence-corrected chi connectivity index (χ1v) is 8.47. The molecule has 0 heterocycles. The lowest BCUT2D eigenvalue weighted by atomic mass is 10.1. The number of rotatable bonds is 6. The smallest absolute Gasteiger partial charge is 0.269 e. The summed E-state index contributed by atoms with van der Waals surface area (Å²) in [7, 11) is 0. The van der Waals surface area contributed by atoms with E-state index in [1.807, 2.05) is 66.7 Å². The van der Waals surface area contributed by atoms with Crippen LogP contribution in [0.25, 0.3) is 6.08 Å². The summed E-state index contributed by atoms with van der Waals surface area (Å²) in [5, 5.41) is 23.6. The Morgan fingerprint density at radius 2 is 1.41 bits per heavy atom. The van der Waals surface area contributed by atoms with Gasteiger partial charge in [0, 0.05) is 29.3 Å². The largest absolute Gasteiger partial charge is 0.623 e. The van der Waals surface area contributed by atoms with E-state index < -0.39 is 4.92 Å². The van der Waals surface area contributed by atoms with Gasteiger partial charge in [-0.1, -0.05) is 48.5 Å². The van der Waals surface area contributed by atoms with Crippen molar-refractivity contribution in [3.63, 3.8) is 0 Å². The van der Waals surface area contributed by atoms with Gasteiger partial charge < -0.3 is 5.21 Å². The summed E-state index contributed by atoms with van der Waals surface area (Å²) in [5.41, 5.74) is 3.04.